The van der Waals surface area contributed by atoms with Crippen LogP contribution in [0.2, 0.25) is 0 Å². The highest BCUT2D eigenvalue weighted by Crippen LogP contribution is 2.57. The minimum Gasteiger partial charge on any atom is -0.510 e. The monoisotopic (exact) mass is 689 g/mol. The van der Waals surface area contributed by atoms with Crippen molar-refractivity contribution in [3.63, 3.8) is 0 Å². The number of phenolic OH excluding ortho intramolecular Hbond substituents is 1. The van der Waals surface area contributed by atoms with Crippen molar-refractivity contribution in [1.82, 2.24) is 9.80 Å². The van der Waals surface area contributed by atoms with Gasteiger partial charge in [0.25, 0.3) is 5.91 Å². The molecule has 0 aromatic heterocycles. The fraction of sp³-hybridized carbons (Fsp3) is 0.622. The van der Waals surface area contributed by atoms with E-state index in [4.69, 9.17) is 5.73 Å². The standard InChI is InChI=1S/C37H47N5O8/c1-40(2)24-12-23(39-36(49)20-13-42(14-20)28-18-6-15-5-16(8-18)9-19(28)7-15)30(43)26-21(24)10-17-11-22-29(41(3)4)32(45)27(35(38)48)34(47)37(22,50)33(46)25(17)31(26)44/h12,15-20,22,28-29,43,45-46,50H,5-11,13-14H2,1-4H3,(H2,38,48)(H,39,49)/t15?,16?,17-,18?,19?,22-,28?,29-,37-/m0/s1. The molecule has 0 spiro atoms. The summed E-state index contributed by atoms with van der Waals surface area (Å²) in [7, 11) is 6.76. The van der Waals surface area contributed by atoms with E-state index in [1.54, 1.807) is 39.2 Å². The summed E-state index contributed by atoms with van der Waals surface area (Å²) in [6.45, 7) is 1.32. The van der Waals surface area contributed by atoms with Crippen LogP contribution in [-0.4, -0.2) is 113 Å². The molecule has 1 aliphatic heterocycles. The third-order valence-corrected chi connectivity index (χ3v) is 13.3. The molecule has 50 heavy (non-hydrogen) atoms. The first-order chi connectivity index (χ1) is 23.6. The zero-order valence-corrected chi connectivity index (χ0v) is 29.0. The van der Waals surface area contributed by atoms with Crippen LogP contribution >= 0.6 is 0 Å². The van der Waals surface area contributed by atoms with E-state index in [1.165, 1.54) is 37.0 Å². The highest BCUT2D eigenvalue weighted by Gasteiger charge is 2.63. The van der Waals surface area contributed by atoms with Crippen molar-refractivity contribution in [3.05, 3.63) is 39.9 Å². The van der Waals surface area contributed by atoms with Crippen molar-refractivity contribution < 1.29 is 39.6 Å². The van der Waals surface area contributed by atoms with Gasteiger partial charge in [-0.25, -0.2) is 0 Å². The van der Waals surface area contributed by atoms with E-state index >= 15 is 0 Å². The Morgan fingerprint density at radius 3 is 2.14 bits per heavy atom. The van der Waals surface area contributed by atoms with E-state index in [-0.39, 0.29) is 41.5 Å². The van der Waals surface area contributed by atoms with Crippen molar-refractivity contribution in [2.75, 3.05) is 51.5 Å². The van der Waals surface area contributed by atoms with Crippen LogP contribution in [0.5, 0.6) is 5.75 Å². The predicted octanol–water partition coefficient (Wildman–Crippen LogP) is 1.88. The van der Waals surface area contributed by atoms with E-state index in [9.17, 15) is 39.6 Å². The number of anilines is 2. The van der Waals surface area contributed by atoms with Crippen LogP contribution in [0.25, 0.3) is 0 Å². The topological polar surface area (TPSA) is 197 Å². The molecule has 0 radical (unpaired) electrons. The molecule has 0 unspecified atom stereocenters. The first kappa shape index (κ1) is 33.2. The molecule has 268 valence electrons. The summed E-state index contributed by atoms with van der Waals surface area (Å²) >= 11 is 0. The number of allylic oxidation sites excluding steroid dienone is 1. The van der Waals surface area contributed by atoms with Crippen LogP contribution in [0.3, 0.4) is 0 Å². The number of amides is 2. The molecule has 13 nitrogen and oxygen atoms in total. The van der Waals surface area contributed by atoms with Crippen molar-refractivity contribution in [2.24, 2.45) is 47.2 Å². The molecule has 5 fully saturated rings. The third kappa shape index (κ3) is 4.55. The molecule has 9 rings (SSSR count). The highest BCUT2D eigenvalue weighted by atomic mass is 16.3. The number of nitrogens with one attached hydrogen (secondary N) is 1. The van der Waals surface area contributed by atoms with Crippen molar-refractivity contribution in [1.29, 1.82) is 0 Å². The van der Waals surface area contributed by atoms with Gasteiger partial charge in [-0.2, -0.15) is 0 Å². The number of carbonyl (C=O) groups excluding carboxylic acids is 4. The van der Waals surface area contributed by atoms with Gasteiger partial charge in [-0.1, -0.05) is 0 Å². The molecule has 13 heteroatoms. The van der Waals surface area contributed by atoms with Crippen molar-refractivity contribution >= 4 is 34.8 Å². The van der Waals surface area contributed by atoms with E-state index in [1.807, 2.05) is 0 Å². The number of Topliss-reactive ketones (excluding diaryl/α,β-unsaturated/α-hetero) is 2. The van der Waals surface area contributed by atoms with E-state index < -0.39 is 63.8 Å². The first-order valence-corrected chi connectivity index (χ1v) is 17.9. The minimum absolute atomic E-state index is 0.0000800. The van der Waals surface area contributed by atoms with Gasteiger partial charge in [0.05, 0.1) is 23.2 Å². The average molecular weight is 690 g/mol. The molecule has 1 aromatic carbocycles. The molecule has 7 aliphatic carbocycles. The number of rotatable bonds is 6. The summed E-state index contributed by atoms with van der Waals surface area (Å²) in [5.74, 6) is -4.43. The molecule has 7 N–H and O–H groups in total. The third-order valence-electron chi connectivity index (χ3n) is 13.3. The van der Waals surface area contributed by atoms with Crippen LogP contribution in [-0.2, 0) is 20.8 Å². The number of nitrogens with two attached hydrogens (primary N) is 1. The molecule has 4 bridgehead atoms. The van der Waals surface area contributed by atoms with E-state index in [0.29, 0.717) is 30.4 Å². The Labute approximate surface area is 290 Å². The second-order valence-electron chi connectivity index (χ2n) is 16.6. The number of likely N-dealkylation sites (tertiary alicyclic amines) is 1. The van der Waals surface area contributed by atoms with Gasteiger partial charge in [-0.15, -0.1) is 0 Å². The number of hydrogen-bond acceptors (Lipinski definition) is 11. The highest BCUT2D eigenvalue weighted by molar-refractivity contribution is 6.25. The summed E-state index contributed by atoms with van der Waals surface area (Å²) < 4.78 is 0. The average Bonchev–Trinajstić information content (AvgIpc) is 3.00. The maximum Gasteiger partial charge on any atom is 0.255 e. The van der Waals surface area contributed by atoms with E-state index in [2.05, 4.69) is 10.2 Å². The summed E-state index contributed by atoms with van der Waals surface area (Å²) in [6, 6.07) is 1.13. The molecule has 1 heterocycles. The SMILES string of the molecule is CN(C)c1cc(NC(=O)C2CN(C3C4CC5CC(C4)CC3C5)C2)c(O)c2c1C[C@H]1C[C@H]3[C@H](N(C)C)C(O)=C(C(N)=O)C(=O)[C@@]3(O)C(O)=C1C2=O. The number of carbonyl (C=O) groups is 4. The summed E-state index contributed by atoms with van der Waals surface area (Å²) in [4.78, 5) is 59.6. The molecule has 1 aromatic rings. The number of fused-ring (bicyclic) bond motifs is 3. The maximum absolute atomic E-state index is 14.4. The number of nitrogens with zero attached hydrogens (tertiary/aromatic N) is 3. The molecule has 4 saturated carbocycles. The quantitative estimate of drug-likeness (QED) is 0.189. The number of likely N-dealkylation sites (N-methyl/N-ethyl adjacent to an activating group) is 1. The number of aliphatic hydroxyl groups is 3. The second-order valence-corrected chi connectivity index (χ2v) is 16.6. The van der Waals surface area contributed by atoms with Crippen molar-refractivity contribution in [2.45, 2.75) is 62.6 Å². The Balaban J connectivity index is 1.09. The normalized spacial score (nSPS) is 36.3. The lowest BCUT2D eigenvalue weighted by Gasteiger charge is -2.60. The Morgan fingerprint density at radius 2 is 1.58 bits per heavy atom. The molecular weight excluding hydrogens is 642 g/mol. The van der Waals surface area contributed by atoms with E-state index in [0.717, 1.165) is 23.7 Å². The fourth-order valence-electron chi connectivity index (χ4n) is 11.4. The lowest BCUT2D eigenvalue weighted by Crippen LogP contribution is -2.64. The molecule has 8 aliphatic rings. The van der Waals surface area contributed by atoms with Crippen molar-refractivity contribution in [3.8, 4) is 5.75 Å². The minimum atomic E-state index is -2.72. The van der Waals surface area contributed by atoms with Crippen LogP contribution in [0.4, 0.5) is 11.4 Å². The van der Waals surface area contributed by atoms with Gasteiger partial charge in [-0.05, 0) is 100 Å². The lowest BCUT2D eigenvalue weighted by atomic mass is 9.53. The van der Waals surface area contributed by atoms with Gasteiger partial charge in [0.1, 0.15) is 17.1 Å². The number of aliphatic hydroxyl groups excluding tert-OH is 2. The van der Waals surface area contributed by atoms with Crippen LogP contribution in [0.1, 0.15) is 54.4 Å². The summed E-state index contributed by atoms with van der Waals surface area (Å²) in [5, 5.41) is 49.1. The van der Waals surface area contributed by atoms with Crippen LogP contribution in [0, 0.1) is 41.4 Å². The molecular formula is C37H47N5O8. The number of phenols is 1. The van der Waals surface area contributed by atoms with Gasteiger partial charge in [0.15, 0.2) is 17.1 Å². The molecule has 2 amide bonds. The molecule has 4 atom stereocenters. The number of primary amides is 1. The van der Waals surface area contributed by atoms with Gasteiger partial charge >= 0.3 is 0 Å². The number of benzene rings is 1. The second kappa shape index (κ2) is 11.3. The number of ketones is 2. The number of aromatic hydroxyl groups is 1. The lowest BCUT2D eigenvalue weighted by molar-refractivity contribution is -0.148. The van der Waals surface area contributed by atoms with Gasteiger partial charge < -0.3 is 36.4 Å². The Bertz CT molecular complexity index is 1770. The Hall–Kier alpha value is -3.94. The first-order valence-electron chi connectivity index (χ1n) is 17.9. The maximum atomic E-state index is 14.4. The Kier molecular flexibility index (Phi) is 7.49. The zero-order chi connectivity index (χ0) is 35.7. The van der Waals surface area contributed by atoms with Crippen LogP contribution in [0.15, 0.2) is 28.7 Å². The van der Waals surface area contributed by atoms with Gasteiger partial charge in [0, 0.05) is 50.4 Å². The zero-order valence-electron chi connectivity index (χ0n) is 29.0. The fourth-order valence-corrected chi connectivity index (χ4v) is 11.4. The predicted molar refractivity (Wildman–Crippen MR) is 183 cm³/mol. The largest absolute Gasteiger partial charge is 0.510 e. The Morgan fingerprint density at radius 1 is 0.960 bits per heavy atom. The number of hydrogen-bond donors (Lipinski definition) is 6. The summed E-state index contributed by atoms with van der Waals surface area (Å²) in [5.41, 5.74) is 2.67. The smallest absolute Gasteiger partial charge is 0.255 e. The molecule has 1 saturated heterocycles. The van der Waals surface area contributed by atoms with Crippen LogP contribution < -0.4 is 16.0 Å². The van der Waals surface area contributed by atoms with Gasteiger partial charge in [-0.3, -0.25) is 29.0 Å². The van der Waals surface area contributed by atoms with Gasteiger partial charge in [0.2, 0.25) is 11.7 Å². The summed E-state index contributed by atoms with van der Waals surface area (Å²) in [6.07, 6.45) is 6.75.